The van der Waals surface area contributed by atoms with Crippen molar-refractivity contribution in [1.82, 2.24) is 9.80 Å². The van der Waals surface area contributed by atoms with E-state index in [1.807, 2.05) is 12.1 Å². The second kappa shape index (κ2) is 11.2. The Bertz CT molecular complexity index is 1420. The van der Waals surface area contributed by atoms with Gasteiger partial charge in [-0.3, -0.25) is 4.31 Å². The minimum absolute atomic E-state index is 0.155. The summed E-state index contributed by atoms with van der Waals surface area (Å²) in [4.78, 5) is 19.9. The number of carbonyl (C=O) groups excluding carboxylic acids is 1. The number of urea groups is 1. The number of carbonyl (C=O) groups is 1. The van der Waals surface area contributed by atoms with Gasteiger partial charge in [0.25, 0.3) is 10.0 Å². The van der Waals surface area contributed by atoms with Crippen LogP contribution < -0.4 is 19.3 Å². The van der Waals surface area contributed by atoms with Gasteiger partial charge in [-0.25, -0.2) is 13.2 Å². The summed E-state index contributed by atoms with van der Waals surface area (Å²) in [5.41, 5.74) is 4.57. The van der Waals surface area contributed by atoms with Gasteiger partial charge >= 0.3 is 6.03 Å². The van der Waals surface area contributed by atoms with Crippen LogP contribution in [0.3, 0.4) is 0 Å². The third kappa shape index (κ3) is 5.53. The van der Waals surface area contributed by atoms with Crippen LogP contribution in [-0.4, -0.2) is 78.2 Å². The van der Waals surface area contributed by atoms with Crippen molar-refractivity contribution in [2.24, 2.45) is 0 Å². The highest BCUT2D eigenvalue weighted by molar-refractivity contribution is 7.92. The molecule has 10 heteroatoms. The molecule has 0 spiro atoms. The highest BCUT2D eigenvalue weighted by Gasteiger charge is 2.28. The number of rotatable bonds is 6. The molecule has 2 amide bonds. The molecule has 5 rings (SSSR count). The Morgan fingerprint density at radius 2 is 1.59 bits per heavy atom. The zero-order valence-electron chi connectivity index (χ0n) is 22.6. The first-order valence-electron chi connectivity index (χ1n) is 13.1. The first-order chi connectivity index (χ1) is 18.8. The number of methoxy groups -OCH3 is 1. The van der Waals surface area contributed by atoms with Crippen LogP contribution in [0.25, 0.3) is 0 Å². The Labute approximate surface area is 230 Å². The fourth-order valence-electron chi connectivity index (χ4n) is 5.18. The van der Waals surface area contributed by atoms with E-state index in [-0.39, 0.29) is 10.9 Å². The topological polar surface area (TPSA) is 85.4 Å². The van der Waals surface area contributed by atoms with Gasteiger partial charge in [-0.15, -0.1) is 0 Å². The molecule has 0 radical (unpaired) electrons. The van der Waals surface area contributed by atoms with Gasteiger partial charge in [0, 0.05) is 68.8 Å². The van der Waals surface area contributed by atoms with Crippen LogP contribution in [0.1, 0.15) is 11.1 Å². The molecule has 39 heavy (non-hydrogen) atoms. The van der Waals surface area contributed by atoms with Crippen molar-refractivity contribution in [3.05, 3.63) is 77.9 Å². The molecular weight excluding hydrogens is 514 g/mol. The number of nitrogens with one attached hydrogen (secondary N) is 1. The van der Waals surface area contributed by atoms with Gasteiger partial charge in [-0.05, 0) is 62.0 Å². The molecule has 0 saturated carbocycles. The summed E-state index contributed by atoms with van der Waals surface area (Å²) < 4.78 is 33.0. The van der Waals surface area contributed by atoms with Crippen molar-refractivity contribution in [1.29, 1.82) is 0 Å². The maximum absolute atomic E-state index is 13.3. The second-order valence-corrected chi connectivity index (χ2v) is 11.9. The van der Waals surface area contributed by atoms with Gasteiger partial charge in [0.2, 0.25) is 0 Å². The lowest BCUT2D eigenvalue weighted by atomic mass is 9.96. The Balaban J connectivity index is 1.30. The number of hydrogen-bond donors (Lipinski definition) is 1. The summed E-state index contributed by atoms with van der Waals surface area (Å²) in [6, 6.07) is 19.1. The lowest BCUT2D eigenvalue weighted by Crippen LogP contribution is -2.46. The lowest BCUT2D eigenvalue weighted by Gasteiger charge is -2.38. The molecule has 2 aliphatic heterocycles. The van der Waals surface area contributed by atoms with Crippen molar-refractivity contribution >= 4 is 33.1 Å². The van der Waals surface area contributed by atoms with Crippen molar-refractivity contribution in [2.75, 3.05) is 68.5 Å². The molecule has 0 aromatic heterocycles. The van der Waals surface area contributed by atoms with Crippen molar-refractivity contribution in [3.8, 4) is 5.75 Å². The van der Waals surface area contributed by atoms with Crippen LogP contribution in [0.4, 0.5) is 21.9 Å². The number of piperazine rings is 1. The van der Waals surface area contributed by atoms with Crippen LogP contribution >= 0.6 is 0 Å². The van der Waals surface area contributed by atoms with Gasteiger partial charge in [0.15, 0.2) is 0 Å². The molecule has 1 fully saturated rings. The number of amides is 2. The lowest BCUT2D eigenvalue weighted by molar-refractivity contribution is 0.206. The summed E-state index contributed by atoms with van der Waals surface area (Å²) >= 11 is 0. The predicted molar refractivity (Wildman–Crippen MR) is 154 cm³/mol. The molecule has 206 valence electrons. The molecular formula is C29H35N5O4S. The van der Waals surface area contributed by atoms with E-state index in [0.29, 0.717) is 30.9 Å². The minimum Gasteiger partial charge on any atom is -0.496 e. The molecule has 3 aromatic carbocycles. The summed E-state index contributed by atoms with van der Waals surface area (Å²) in [7, 11) is 1.62. The zero-order chi connectivity index (χ0) is 27.6. The summed E-state index contributed by atoms with van der Waals surface area (Å²) in [6.45, 7) is 4.92. The van der Waals surface area contributed by atoms with Crippen LogP contribution in [-0.2, 0) is 23.0 Å². The Morgan fingerprint density at radius 3 is 2.26 bits per heavy atom. The number of benzene rings is 3. The highest BCUT2D eigenvalue weighted by Crippen LogP contribution is 2.36. The summed E-state index contributed by atoms with van der Waals surface area (Å²) in [6.07, 6.45) is 0.705. The molecule has 0 unspecified atom stereocenters. The zero-order valence-corrected chi connectivity index (χ0v) is 23.4. The van der Waals surface area contributed by atoms with E-state index in [9.17, 15) is 13.2 Å². The van der Waals surface area contributed by atoms with Gasteiger partial charge in [-0.1, -0.05) is 18.2 Å². The van der Waals surface area contributed by atoms with Gasteiger partial charge in [0.1, 0.15) is 5.75 Å². The molecule has 2 heterocycles. The number of anilines is 3. The second-order valence-electron chi connectivity index (χ2n) is 9.97. The SMILES string of the molecule is COc1ccc(N2CCN(C)CC2)c2c1CCN(C(=O)Nc1ccc(S(=O)(=O)N(C)c3ccccc3)cc1)C2. The number of para-hydroxylation sites is 1. The average molecular weight is 550 g/mol. The molecule has 0 aliphatic carbocycles. The van der Waals surface area contributed by atoms with E-state index >= 15 is 0 Å². The molecule has 0 bridgehead atoms. The molecule has 3 aromatic rings. The van der Waals surface area contributed by atoms with E-state index in [2.05, 4.69) is 28.2 Å². The summed E-state index contributed by atoms with van der Waals surface area (Å²) in [5, 5.41) is 2.94. The van der Waals surface area contributed by atoms with Gasteiger partial charge in [-0.2, -0.15) is 0 Å². The first-order valence-corrected chi connectivity index (χ1v) is 14.5. The number of fused-ring (bicyclic) bond motifs is 1. The normalized spacial score (nSPS) is 16.0. The van der Waals surface area contributed by atoms with Crippen molar-refractivity contribution in [3.63, 3.8) is 0 Å². The summed E-state index contributed by atoms with van der Waals surface area (Å²) in [5.74, 6) is 0.861. The molecule has 9 nitrogen and oxygen atoms in total. The van der Waals surface area contributed by atoms with Gasteiger partial charge in [0.05, 0.1) is 17.7 Å². The standard InChI is InChI=1S/C29H35N5O4S/c1-31-17-19-33(20-18-31)27-13-14-28(38-3)25-15-16-34(21-26(25)27)29(35)30-22-9-11-24(12-10-22)39(36,37)32(2)23-7-5-4-6-8-23/h4-14H,15-21H2,1-3H3,(H,30,35). The molecule has 1 saturated heterocycles. The monoisotopic (exact) mass is 549 g/mol. The Kier molecular flexibility index (Phi) is 7.67. The van der Waals surface area contributed by atoms with E-state index in [0.717, 1.165) is 48.7 Å². The van der Waals surface area contributed by atoms with Crippen molar-refractivity contribution in [2.45, 2.75) is 17.9 Å². The van der Waals surface area contributed by atoms with Crippen LogP contribution in [0.2, 0.25) is 0 Å². The van der Waals surface area contributed by atoms with E-state index < -0.39 is 10.0 Å². The predicted octanol–water partition coefficient (Wildman–Crippen LogP) is 3.86. The first kappa shape index (κ1) is 26.8. The maximum Gasteiger partial charge on any atom is 0.322 e. The number of likely N-dealkylation sites (N-methyl/N-ethyl adjacent to an activating group) is 1. The largest absolute Gasteiger partial charge is 0.496 e. The van der Waals surface area contributed by atoms with Crippen LogP contribution in [0.5, 0.6) is 5.75 Å². The quantitative estimate of drug-likeness (QED) is 0.503. The number of sulfonamides is 1. The van der Waals surface area contributed by atoms with Crippen molar-refractivity contribution < 1.29 is 17.9 Å². The minimum atomic E-state index is -3.73. The van der Waals surface area contributed by atoms with Crippen LogP contribution in [0, 0.1) is 0 Å². The fourth-order valence-corrected chi connectivity index (χ4v) is 6.38. The molecule has 2 aliphatic rings. The number of hydrogen-bond acceptors (Lipinski definition) is 6. The fraction of sp³-hybridized carbons (Fsp3) is 0.345. The highest BCUT2D eigenvalue weighted by atomic mass is 32.2. The maximum atomic E-state index is 13.3. The molecule has 1 N–H and O–H groups in total. The third-order valence-corrected chi connectivity index (χ3v) is 9.38. The van der Waals surface area contributed by atoms with E-state index in [1.165, 1.54) is 23.5 Å². The van der Waals surface area contributed by atoms with E-state index in [1.54, 1.807) is 48.4 Å². The van der Waals surface area contributed by atoms with Crippen LogP contribution in [0.15, 0.2) is 71.6 Å². The Morgan fingerprint density at radius 1 is 0.897 bits per heavy atom. The average Bonchev–Trinajstić information content (AvgIpc) is 2.97. The Hall–Kier alpha value is -3.76. The van der Waals surface area contributed by atoms with Gasteiger partial charge < -0.3 is 24.8 Å². The number of ether oxygens (including phenoxy) is 1. The smallest absolute Gasteiger partial charge is 0.322 e. The molecule has 0 atom stereocenters. The number of nitrogens with zero attached hydrogens (tertiary/aromatic N) is 4. The third-order valence-electron chi connectivity index (χ3n) is 7.58. The van der Waals surface area contributed by atoms with E-state index in [4.69, 9.17) is 4.74 Å².